The summed E-state index contributed by atoms with van der Waals surface area (Å²) in [7, 11) is 0. The van der Waals surface area contributed by atoms with Gasteiger partial charge in [-0.05, 0) is 25.2 Å². The van der Waals surface area contributed by atoms with Gasteiger partial charge >= 0.3 is 5.97 Å². The molecular formula is C12H21NO3. The van der Waals surface area contributed by atoms with Gasteiger partial charge in [0.15, 0.2) is 0 Å². The summed E-state index contributed by atoms with van der Waals surface area (Å²) in [4.78, 5) is 21.5. The standard InChI is InChI=1S/C12H21NO3/c14-11(6-1-2-7-12(15)16)13-9-8-10-4-3-5-10/h10H,1-9H2,(H,13,14)(H,15,16). The predicted molar refractivity (Wildman–Crippen MR) is 61.1 cm³/mol. The number of carbonyl (C=O) groups excluding carboxylic acids is 1. The van der Waals surface area contributed by atoms with Gasteiger partial charge < -0.3 is 10.4 Å². The molecule has 1 saturated carbocycles. The fourth-order valence-corrected chi connectivity index (χ4v) is 1.85. The molecule has 1 amide bonds. The number of aliphatic carboxylic acids is 1. The second kappa shape index (κ2) is 7.25. The van der Waals surface area contributed by atoms with Crippen molar-refractivity contribution in [1.82, 2.24) is 5.32 Å². The topological polar surface area (TPSA) is 66.4 Å². The lowest BCUT2D eigenvalue weighted by Gasteiger charge is -2.25. The lowest BCUT2D eigenvalue weighted by molar-refractivity contribution is -0.137. The maximum absolute atomic E-state index is 11.3. The zero-order valence-electron chi connectivity index (χ0n) is 9.71. The lowest BCUT2D eigenvalue weighted by Crippen LogP contribution is -2.27. The first-order chi connectivity index (χ1) is 7.68. The van der Waals surface area contributed by atoms with E-state index in [0.29, 0.717) is 19.3 Å². The summed E-state index contributed by atoms with van der Waals surface area (Å²) in [6, 6.07) is 0. The molecule has 0 aromatic rings. The Morgan fingerprint density at radius 2 is 1.88 bits per heavy atom. The fourth-order valence-electron chi connectivity index (χ4n) is 1.85. The molecule has 1 aliphatic carbocycles. The number of hydrogen-bond donors (Lipinski definition) is 2. The zero-order valence-corrected chi connectivity index (χ0v) is 9.71. The van der Waals surface area contributed by atoms with Gasteiger partial charge in [-0.15, -0.1) is 0 Å². The molecular weight excluding hydrogens is 206 g/mol. The van der Waals surface area contributed by atoms with Crippen LogP contribution in [0.2, 0.25) is 0 Å². The maximum atomic E-state index is 11.3. The molecule has 0 aromatic heterocycles. The van der Waals surface area contributed by atoms with Crippen LogP contribution in [0, 0.1) is 5.92 Å². The van der Waals surface area contributed by atoms with Crippen LogP contribution in [-0.4, -0.2) is 23.5 Å². The molecule has 4 heteroatoms. The van der Waals surface area contributed by atoms with E-state index in [2.05, 4.69) is 5.32 Å². The van der Waals surface area contributed by atoms with E-state index in [1.54, 1.807) is 0 Å². The van der Waals surface area contributed by atoms with Crippen molar-refractivity contribution >= 4 is 11.9 Å². The van der Waals surface area contributed by atoms with Gasteiger partial charge in [-0.25, -0.2) is 0 Å². The van der Waals surface area contributed by atoms with Gasteiger partial charge in [0, 0.05) is 19.4 Å². The smallest absolute Gasteiger partial charge is 0.303 e. The molecule has 0 aromatic carbocycles. The van der Waals surface area contributed by atoms with Crippen molar-refractivity contribution in [2.24, 2.45) is 5.92 Å². The van der Waals surface area contributed by atoms with E-state index in [1.165, 1.54) is 19.3 Å². The summed E-state index contributed by atoms with van der Waals surface area (Å²) < 4.78 is 0. The quantitative estimate of drug-likeness (QED) is 0.623. The molecule has 92 valence electrons. The monoisotopic (exact) mass is 227 g/mol. The van der Waals surface area contributed by atoms with Crippen LogP contribution < -0.4 is 5.32 Å². The number of unbranched alkanes of at least 4 members (excludes halogenated alkanes) is 1. The number of amides is 1. The highest BCUT2D eigenvalue weighted by atomic mass is 16.4. The third-order valence-corrected chi connectivity index (χ3v) is 3.14. The first kappa shape index (κ1) is 13.0. The van der Waals surface area contributed by atoms with Crippen molar-refractivity contribution in [2.45, 2.75) is 51.4 Å². The number of rotatable bonds is 8. The van der Waals surface area contributed by atoms with Gasteiger partial charge in [-0.3, -0.25) is 9.59 Å². The minimum Gasteiger partial charge on any atom is -0.481 e. The molecule has 0 bridgehead atoms. The van der Waals surface area contributed by atoms with Crippen molar-refractivity contribution in [3.05, 3.63) is 0 Å². The molecule has 0 saturated heterocycles. The Bertz CT molecular complexity index is 236. The molecule has 1 fully saturated rings. The summed E-state index contributed by atoms with van der Waals surface area (Å²) in [5.41, 5.74) is 0. The van der Waals surface area contributed by atoms with Crippen molar-refractivity contribution < 1.29 is 14.7 Å². The average Bonchev–Trinajstić information content (AvgIpc) is 2.16. The third-order valence-electron chi connectivity index (χ3n) is 3.14. The largest absolute Gasteiger partial charge is 0.481 e. The van der Waals surface area contributed by atoms with E-state index < -0.39 is 5.97 Å². The molecule has 2 N–H and O–H groups in total. The van der Waals surface area contributed by atoms with E-state index in [-0.39, 0.29) is 12.3 Å². The Kier molecular flexibility index (Phi) is 5.90. The van der Waals surface area contributed by atoms with Crippen LogP contribution >= 0.6 is 0 Å². The van der Waals surface area contributed by atoms with Gasteiger partial charge in [-0.1, -0.05) is 19.3 Å². The van der Waals surface area contributed by atoms with Gasteiger partial charge in [0.05, 0.1) is 0 Å². The van der Waals surface area contributed by atoms with Gasteiger partial charge in [0.25, 0.3) is 0 Å². The molecule has 1 rings (SSSR count). The van der Waals surface area contributed by atoms with Crippen LogP contribution in [-0.2, 0) is 9.59 Å². The Hall–Kier alpha value is -1.06. The SMILES string of the molecule is O=C(O)CCCCC(=O)NCCC1CCC1. The maximum Gasteiger partial charge on any atom is 0.303 e. The Labute approximate surface area is 96.4 Å². The van der Waals surface area contributed by atoms with Crippen molar-refractivity contribution in [1.29, 1.82) is 0 Å². The summed E-state index contributed by atoms with van der Waals surface area (Å²) in [5, 5.41) is 11.3. The number of nitrogens with one attached hydrogen (secondary N) is 1. The molecule has 1 aliphatic rings. The van der Waals surface area contributed by atoms with Crippen LogP contribution in [0.3, 0.4) is 0 Å². The third kappa shape index (κ3) is 5.73. The van der Waals surface area contributed by atoms with Crippen LogP contribution in [0.25, 0.3) is 0 Å². The minimum absolute atomic E-state index is 0.0599. The van der Waals surface area contributed by atoms with Crippen LogP contribution in [0.15, 0.2) is 0 Å². The predicted octanol–water partition coefficient (Wildman–Crippen LogP) is 1.94. The zero-order chi connectivity index (χ0) is 11.8. The minimum atomic E-state index is -0.787. The Balaban J connectivity index is 1.87. The van der Waals surface area contributed by atoms with Gasteiger partial charge in [0.1, 0.15) is 0 Å². The molecule has 0 atom stereocenters. The molecule has 4 nitrogen and oxygen atoms in total. The van der Waals surface area contributed by atoms with Crippen molar-refractivity contribution in [3.63, 3.8) is 0 Å². The Morgan fingerprint density at radius 1 is 1.19 bits per heavy atom. The fraction of sp³-hybridized carbons (Fsp3) is 0.833. The second-order valence-corrected chi connectivity index (χ2v) is 4.54. The molecule has 0 aliphatic heterocycles. The van der Waals surface area contributed by atoms with Gasteiger partial charge in [-0.2, -0.15) is 0 Å². The first-order valence-corrected chi connectivity index (χ1v) is 6.17. The number of carboxylic acids is 1. The lowest BCUT2D eigenvalue weighted by atomic mass is 9.83. The van der Waals surface area contributed by atoms with E-state index in [1.807, 2.05) is 0 Å². The number of hydrogen-bond acceptors (Lipinski definition) is 2. The number of carboxylic acid groups (broad SMARTS) is 1. The molecule has 0 heterocycles. The summed E-state index contributed by atoms with van der Waals surface area (Å²) in [6.07, 6.45) is 6.94. The van der Waals surface area contributed by atoms with Gasteiger partial charge in [0.2, 0.25) is 5.91 Å². The second-order valence-electron chi connectivity index (χ2n) is 4.54. The summed E-state index contributed by atoms with van der Waals surface area (Å²) in [5.74, 6) is 0.0995. The van der Waals surface area contributed by atoms with Crippen molar-refractivity contribution in [3.8, 4) is 0 Å². The Morgan fingerprint density at radius 3 is 2.44 bits per heavy atom. The molecule has 16 heavy (non-hydrogen) atoms. The molecule has 0 unspecified atom stereocenters. The van der Waals surface area contributed by atoms with Crippen LogP contribution in [0.1, 0.15) is 51.4 Å². The van der Waals surface area contributed by atoms with Crippen LogP contribution in [0.5, 0.6) is 0 Å². The molecule has 0 radical (unpaired) electrons. The molecule has 0 spiro atoms. The van der Waals surface area contributed by atoms with Crippen LogP contribution in [0.4, 0.5) is 0 Å². The van der Waals surface area contributed by atoms with E-state index >= 15 is 0 Å². The normalized spacial score (nSPS) is 15.5. The highest BCUT2D eigenvalue weighted by Crippen LogP contribution is 2.28. The highest BCUT2D eigenvalue weighted by Gasteiger charge is 2.16. The highest BCUT2D eigenvalue weighted by molar-refractivity contribution is 5.75. The van der Waals surface area contributed by atoms with E-state index in [4.69, 9.17) is 5.11 Å². The van der Waals surface area contributed by atoms with Crippen molar-refractivity contribution in [2.75, 3.05) is 6.54 Å². The average molecular weight is 227 g/mol. The summed E-state index contributed by atoms with van der Waals surface area (Å²) in [6.45, 7) is 0.780. The summed E-state index contributed by atoms with van der Waals surface area (Å²) >= 11 is 0. The first-order valence-electron chi connectivity index (χ1n) is 6.17. The van der Waals surface area contributed by atoms with E-state index in [0.717, 1.165) is 18.9 Å². The van der Waals surface area contributed by atoms with E-state index in [9.17, 15) is 9.59 Å². The number of carbonyl (C=O) groups is 2.